The van der Waals surface area contributed by atoms with Gasteiger partial charge in [0.15, 0.2) is 0 Å². The lowest BCUT2D eigenvalue weighted by Crippen LogP contribution is -2.30. The summed E-state index contributed by atoms with van der Waals surface area (Å²) in [5.74, 6) is 0.272. The quantitative estimate of drug-likeness (QED) is 0.843. The molecule has 2 rings (SSSR count). The number of benzene rings is 1. The molecule has 0 aliphatic heterocycles. The lowest BCUT2D eigenvalue weighted by molar-refractivity contribution is 0.557. The summed E-state index contributed by atoms with van der Waals surface area (Å²) in [5, 5.41) is 0.125. The Hall–Kier alpha value is -0.740. The molecular weight excluding hydrogens is 249 g/mol. The Balaban J connectivity index is 2.11. The molecule has 1 N–H and O–H groups in total. The summed E-state index contributed by atoms with van der Waals surface area (Å²) in [6.45, 7) is 4.00. The average molecular weight is 269 g/mol. The van der Waals surface area contributed by atoms with Crippen LogP contribution in [0.5, 0.6) is 0 Å². The molecule has 1 saturated carbocycles. The van der Waals surface area contributed by atoms with E-state index in [4.69, 9.17) is 0 Å². The van der Waals surface area contributed by atoms with Crippen molar-refractivity contribution in [1.82, 2.24) is 4.72 Å². The minimum Gasteiger partial charge on any atom is -0.243 e. The topological polar surface area (TPSA) is 29.1 Å². The SMILES string of the molecule is CCC(C)S(=O)N[C@H](c1cccc(F)c1)C1CC1. The third-order valence-electron chi connectivity index (χ3n) is 3.48. The molecule has 2 unspecified atom stereocenters. The highest BCUT2D eigenvalue weighted by atomic mass is 32.2. The number of nitrogens with one attached hydrogen (secondary N) is 1. The van der Waals surface area contributed by atoms with E-state index in [1.54, 1.807) is 12.1 Å². The molecule has 100 valence electrons. The van der Waals surface area contributed by atoms with Gasteiger partial charge in [-0.15, -0.1) is 0 Å². The zero-order chi connectivity index (χ0) is 13.1. The summed E-state index contributed by atoms with van der Waals surface area (Å²) in [6.07, 6.45) is 3.14. The standard InChI is InChI=1S/C14H20FNOS/c1-3-10(2)18(17)16-14(11-7-8-11)12-5-4-6-13(15)9-12/h4-6,9-11,14,16H,3,7-8H2,1-2H3/t10?,14-,18?/m0/s1. The van der Waals surface area contributed by atoms with Gasteiger partial charge in [-0.1, -0.05) is 19.1 Å². The maximum atomic E-state index is 13.3. The molecule has 1 aliphatic carbocycles. The summed E-state index contributed by atoms with van der Waals surface area (Å²) in [6, 6.07) is 6.64. The molecule has 0 spiro atoms. The second-order valence-electron chi connectivity index (χ2n) is 5.00. The molecule has 0 radical (unpaired) electrons. The molecule has 0 amide bonds. The van der Waals surface area contributed by atoms with E-state index in [1.165, 1.54) is 6.07 Å². The molecule has 2 nitrogen and oxygen atoms in total. The van der Waals surface area contributed by atoms with Gasteiger partial charge in [-0.05, 0) is 49.8 Å². The van der Waals surface area contributed by atoms with Gasteiger partial charge in [0.1, 0.15) is 5.82 Å². The Labute approximate surface area is 111 Å². The molecule has 1 aliphatic rings. The normalized spacial score (nSPS) is 20.4. The van der Waals surface area contributed by atoms with Crippen molar-refractivity contribution in [1.29, 1.82) is 0 Å². The van der Waals surface area contributed by atoms with Crippen molar-refractivity contribution >= 4 is 11.0 Å². The van der Waals surface area contributed by atoms with Crippen molar-refractivity contribution in [2.75, 3.05) is 0 Å². The Kier molecular flexibility index (Phi) is 4.51. The monoisotopic (exact) mass is 269 g/mol. The van der Waals surface area contributed by atoms with E-state index in [0.717, 1.165) is 24.8 Å². The van der Waals surface area contributed by atoms with Crippen molar-refractivity contribution in [3.05, 3.63) is 35.6 Å². The van der Waals surface area contributed by atoms with Gasteiger partial charge in [0.25, 0.3) is 0 Å². The molecular formula is C14H20FNOS. The van der Waals surface area contributed by atoms with Crippen LogP contribution >= 0.6 is 0 Å². The van der Waals surface area contributed by atoms with Crippen molar-refractivity contribution in [2.45, 2.75) is 44.4 Å². The molecule has 1 aromatic rings. The highest BCUT2D eigenvalue weighted by Gasteiger charge is 2.33. The summed E-state index contributed by atoms with van der Waals surface area (Å²) >= 11 is 0. The van der Waals surface area contributed by atoms with Crippen LogP contribution in [0.25, 0.3) is 0 Å². The average Bonchev–Trinajstić information content (AvgIpc) is 3.18. The van der Waals surface area contributed by atoms with Gasteiger partial charge in [-0.2, -0.15) is 0 Å². The van der Waals surface area contributed by atoms with Gasteiger partial charge in [0.05, 0.1) is 11.0 Å². The number of rotatable bonds is 6. The van der Waals surface area contributed by atoms with Crippen LogP contribution in [0.4, 0.5) is 4.39 Å². The van der Waals surface area contributed by atoms with Gasteiger partial charge >= 0.3 is 0 Å². The largest absolute Gasteiger partial charge is 0.243 e. The van der Waals surface area contributed by atoms with Crippen LogP contribution in [0.15, 0.2) is 24.3 Å². The lowest BCUT2D eigenvalue weighted by atomic mass is 10.0. The first-order chi connectivity index (χ1) is 8.61. The zero-order valence-electron chi connectivity index (χ0n) is 10.9. The molecule has 0 heterocycles. The summed E-state index contributed by atoms with van der Waals surface area (Å²) in [7, 11) is -1.05. The van der Waals surface area contributed by atoms with Crippen molar-refractivity contribution < 1.29 is 8.60 Å². The molecule has 0 bridgehead atoms. The van der Waals surface area contributed by atoms with E-state index in [0.29, 0.717) is 5.92 Å². The van der Waals surface area contributed by atoms with Crippen LogP contribution in [0.2, 0.25) is 0 Å². The van der Waals surface area contributed by atoms with Gasteiger partial charge in [-0.3, -0.25) is 0 Å². The maximum Gasteiger partial charge on any atom is 0.123 e. The molecule has 1 aromatic carbocycles. The first-order valence-corrected chi connectivity index (χ1v) is 7.75. The molecule has 0 aromatic heterocycles. The van der Waals surface area contributed by atoms with Crippen LogP contribution in [0, 0.1) is 11.7 Å². The summed E-state index contributed by atoms with van der Waals surface area (Å²) in [5.41, 5.74) is 0.911. The van der Waals surface area contributed by atoms with Crippen molar-refractivity contribution in [3.63, 3.8) is 0 Å². The Morgan fingerprint density at radius 1 is 1.50 bits per heavy atom. The molecule has 18 heavy (non-hydrogen) atoms. The van der Waals surface area contributed by atoms with Crippen LogP contribution in [0.1, 0.15) is 44.7 Å². The maximum absolute atomic E-state index is 13.3. The minimum absolute atomic E-state index is 0.0236. The van der Waals surface area contributed by atoms with Gasteiger partial charge in [-0.25, -0.2) is 13.3 Å². The number of hydrogen-bond acceptors (Lipinski definition) is 1. The smallest absolute Gasteiger partial charge is 0.123 e. The van der Waals surface area contributed by atoms with Gasteiger partial charge < -0.3 is 0 Å². The highest BCUT2D eigenvalue weighted by Crippen LogP contribution is 2.41. The van der Waals surface area contributed by atoms with E-state index < -0.39 is 11.0 Å². The van der Waals surface area contributed by atoms with Gasteiger partial charge in [0, 0.05) is 11.3 Å². The third kappa shape index (κ3) is 3.39. The van der Waals surface area contributed by atoms with Crippen LogP contribution in [0.3, 0.4) is 0 Å². The zero-order valence-corrected chi connectivity index (χ0v) is 11.7. The first-order valence-electron chi connectivity index (χ1n) is 6.54. The Morgan fingerprint density at radius 2 is 2.22 bits per heavy atom. The van der Waals surface area contributed by atoms with E-state index in [2.05, 4.69) is 4.72 Å². The van der Waals surface area contributed by atoms with Gasteiger partial charge in [0.2, 0.25) is 0 Å². The fourth-order valence-corrected chi connectivity index (χ4v) is 3.07. The van der Waals surface area contributed by atoms with Crippen LogP contribution in [-0.2, 0) is 11.0 Å². The van der Waals surface area contributed by atoms with Crippen LogP contribution < -0.4 is 4.72 Å². The predicted octanol–water partition coefficient (Wildman–Crippen LogP) is 3.33. The number of halogens is 1. The molecule has 4 heteroatoms. The molecule has 1 fully saturated rings. The fraction of sp³-hybridized carbons (Fsp3) is 0.571. The van der Waals surface area contributed by atoms with E-state index >= 15 is 0 Å². The molecule has 3 atom stereocenters. The van der Waals surface area contributed by atoms with E-state index in [-0.39, 0.29) is 17.1 Å². The second-order valence-corrected chi connectivity index (χ2v) is 6.64. The Morgan fingerprint density at radius 3 is 2.78 bits per heavy atom. The van der Waals surface area contributed by atoms with Crippen molar-refractivity contribution in [3.8, 4) is 0 Å². The van der Waals surface area contributed by atoms with E-state index in [9.17, 15) is 8.60 Å². The Bertz CT molecular complexity index is 434. The van der Waals surface area contributed by atoms with Crippen molar-refractivity contribution in [2.24, 2.45) is 5.92 Å². The second kappa shape index (κ2) is 5.93. The van der Waals surface area contributed by atoms with E-state index in [1.807, 2.05) is 19.9 Å². The predicted molar refractivity (Wildman–Crippen MR) is 72.9 cm³/mol. The van der Waals surface area contributed by atoms with Crippen LogP contribution in [-0.4, -0.2) is 9.46 Å². The fourth-order valence-electron chi connectivity index (χ4n) is 1.96. The first kappa shape index (κ1) is 13.7. The summed E-state index contributed by atoms with van der Waals surface area (Å²) in [4.78, 5) is 0. The minimum atomic E-state index is -1.05. The molecule has 0 saturated heterocycles. The third-order valence-corrected chi connectivity index (χ3v) is 5.04. The number of hydrogen-bond donors (Lipinski definition) is 1. The summed E-state index contributed by atoms with van der Waals surface area (Å²) < 4.78 is 28.5. The highest BCUT2D eigenvalue weighted by molar-refractivity contribution is 7.83. The lowest BCUT2D eigenvalue weighted by Gasteiger charge is -2.20.